The first-order valence-electron chi connectivity index (χ1n) is 7.63. The fourth-order valence-corrected chi connectivity index (χ4v) is 2.35. The molecule has 0 bridgehead atoms. The highest BCUT2D eigenvalue weighted by atomic mass is 19.4. The van der Waals surface area contributed by atoms with Gasteiger partial charge in [0, 0.05) is 11.6 Å². The Labute approximate surface area is 137 Å². The molecule has 0 atom stereocenters. The largest absolute Gasteiger partial charge is 0.416 e. The van der Waals surface area contributed by atoms with E-state index in [4.69, 9.17) is 0 Å². The Morgan fingerprint density at radius 1 is 1.04 bits per heavy atom. The third-order valence-electron chi connectivity index (χ3n) is 3.99. The summed E-state index contributed by atoms with van der Waals surface area (Å²) in [6, 6.07) is 8.11. The lowest BCUT2D eigenvalue weighted by atomic mass is 9.85. The van der Waals surface area contributed by atoms with Crippen molar-refractivity contribution < 1.29 is 18.0 Å². The first-order valence-corrected chi connectivity index (χ1v) is 7.63. The maximum Gasteiger partial charge on any atom is 0.416 e. The summed E-state index contributed by atoms with van der Waals surface area (Å²) in [7, 11) is 0. The van der Waals surface area contributed by atoms with E-state index in [0.29, 0.717) is 17.2 Å². The van der Waals surface area contributed by atoms with E-state index in [9.17, 15) is 18.0 Å². The molecule has 0 aliphatic heterocycles. The topological polar surface area (TPSA) is 54.0 Å². The number of halogens is 3. The van der Waals surface area contributed by atoms with E-state index in [1.165, 1.54) is 18.3 Å². The highest BCUT2D eigenvalue weighted by Gasteiger charge is 2.30. The summed E-state index contributed by atoms with van der Waals surface area (Å²) in [5.41, 5.74) is 0.452. The molecule has 1 aromatic carbocycles. The number of rotatable bonds is 4. The average molecular weight is 335 g/mol. The number of nitrogens with zero attached hydrogens (tertiary/aromatic N) is 1. The molecule has 7 heteroatoms. The average Bonchev–Trinajstić information content (AvgIpc) is 2.47. The van der Waals surface area contributed by atoms with Gasteiger partial charge in [0.25, 0.3) is 0 Å². The summed E-state index contributed by atoms with van der Waals surface area (Å²) in [5.74, 6) is 0.527. The van der Waals surface area contributed by atoms with Gasteiger partial charge >= 0.3 is 6.18 Å². The van der Waals surface area contributed by atoms with Crippen molar-refractivity contribution >= 4 is 23.1 Å². The number of hydrogen-bond donors (Lipinski definition) is 2. The molecular weight excluding hydrogens is 319 g/mol. The second-order valence-electron chi connectivity index (χ2n) is 5.75. The number of carbonyl (C=O) groups is 1. The highest BCUT2D eigenvalue weighted by molar-refractivity contribution is 5.92. The van der Waals surface area contributed by atoms with E-state index in [2.05, 4.69) is 15.6 Å². The van der Waals surface area contributed by atoms with Crippen molar-refractivity contribution in [3.8, 4) is 0 Å². The Morgan fingerprint density at radius 3 is 2.21 bits per heavy atom. The molecule has 0 unspecified atom stereocenters. The number of aromatic nitrogens is 1. The van der Waals surface area contributed by atoms with Crippen molar-refractivity contribution in [2.75, 3.05) is 10.6 Å². The number of nitrogens with one attached hydrogen (secondary N) is 2. The van der Waals surface area contributed by atoms with Crippen LogP contribution in [0.5, 0.6) is 0 Å². The SMILES string of the molecule is O=C(Nc1ccc(Nc2ccc(C(F)(F)F)cc2)cn1)C1CCC1. The van der Waals surface area contributed by atoms with E-state index in [1.807, 2.05) is 0 Å². The lowest BCUT2D eigenvalue weighted by molar-refractivity contribution is -0.137. The zero-order valence-corrected chi connectivity index (χ0v) is 12.7. The van der Waals surface area contributed by atoms with Crippen LogP contribution in [0, 0.1) is 5.92 Å². The van der Waals surface area contributed by atoms with Gasteiger partial charge in [-0.05, 0) is 49.2 Å². The van der Waals surface area contributed by atoms with Crippen molar-refractivity contribution in [1.29, 1.82) is 0 Å². The zero-order chi connectivity index (χ0) is 17.2. The summed E-state index contributed by atoms with van der Waals surface area (Å²) < 4.78 is 37.6. The number of hydrogen-bond acceptors (Lipinski definition) is 3. The van der Waals surface area contributed by atoms with Crippen LogP contribution < -0.4 is 10.6 Å². The van der Waals surface area contributed by atoms with E-state index in [1.54, 1.807) is 12.1 Å². The van der Waals surface area contributed by atoms with E-state index in [0.717, 1.165) is 31.4 Å². The predicted octanol–water partition coefficient (Wildman–Crippen LogP) is 4.58. The molecule has 4 nitrogen and oxygen atoms in total. The molecule has 0 saturated heterocycles. The maximum atomic E-state index is 12.5. The third kappa shape index (κ3) is 3.84. The Morgan fingerprint density at radius 2 is 1.71 bits per heavy atom. The second kappa shape index (κ2) is 6.51. The zero-order valence-electron chi connectivity index (χ0n) is 12.7. The van der Waals surface area contributed by atoms with E-state index in [-0.39, 0.29) is 11.8 Å². The first kappa shape index (κ1) is 16.3. The highest BCUT2D eigenvalue weighted by Crippen LogP contribution is 2.30. The number of amides is 1. The molecule has 1 aliphatic carbocycles. The molecule has 1 heterocycles. The van der Waals surface area contributed by atoms with Gasteiger partial charge in [-0.15, -0.1) is 0 Å². The van der Waals surface area contributed by atoms with Crippen molar-refractivity contribution in [3.63, 3.8) is 0 Å². The van der Waals surface area contributed by atoms with Gasteiger partial charge in [0.15, 0.2) is 0 Å². The summed E-state index contributed by atoms with van der Waals surface area (Å²) in [6.07, 6.45) is 0.0920. The number of alkyl halides is 3. The standard InChI is InChI=1S/C17H16F3N3O/c18-17(19,20)12-4-6-13(7-5-12)22-14-8-9-15(21-10-14)23-16(24)11-2-1-3-11/h4-11,22H,1-3H2,(H,21,23,24). The fourth-order valence-electron chi connectivity index (χ4n) is 2.35. The van der Waals surface area contributed by atoms with E-state index < -0.39 is 11.7 Å². The van der Waals surface area contributed by atoms with Crippen LogP contribution >= 0.6 is 0 Å². The predicted molar refractivity (Wildman–Crippen MR) is 84.9 cm³/mol. The number of carbonyl (C=O) groups excluding carboxylic acids is 1. The molecule has 0 radical (unpaired) electrons. The molecule has 1 amide bonds. The smallest absolute Gasteiger partial charge is 0.354 e. The Kier molecular flexibility index (Phi) is 4.42. The summed E-state index contributed by atoms with van der Waals surface area (Å²) >= 11 is 0. The Bertz CT molecular complexity index is 707. The molecule has 1 saturated carbocycles. The summed E-state index contributed by atoms with van der Waals surface area (Å²) in [4.78, 5) is 16.0. The quantitative estimate of drug-likeness (QED) is 0.860. The van der Waals surface area contributed by atoms with Crippen molar-refractivity contribution in [2.24, 2.45) is 5.92 Å². The summed E-state index contributed by atoms with van der Waals surface area (Å²) in [6.45, 7) is 0. The van der Waals surface area contributed by atoms with Gasteiger partial charge in [0.2, 0.25) is 5.91 Å². The minimum Gasteiger partial charge on any atom is -0.354 e. The summed E-state index contributed by atoms with van der Waals surface area (Å²) in [5, 5.41) is 5.72. The van der Waals surface area contributed by atoms with Crippen LogP contribution in [0.1, 0.15) is 24.8 Å². The Hall–Kier alpha value is -2.57. The van der Waals surface area contributed by atoms with Gasteiger partial charge in [-0.3, -0.25) is 4.79 Å². The molecule has 2 aromatic rings. The molecule has 0 spiro atoms. The third-order valence-corrected chi connectivity index (χ3v) is 3.99. The van der Waals surface area contributed by atoms with Crippen molar-refractivity contribution in [3.05, 3.63) is 48.2 Å². The first-order chi connectivity index (χ1) is 11.4. The van der Waals surface area contributed by atoms with Gasteiger partial charge in [0.1, 0.15) is 5.82 Å². The van der Waals surface area contributed by atoms with Crippen molar-refractivity contribution in [1.82, 2.24) is 4.98 Å². The minimum absolute atomic E-state index is 0.0165. The van der Waals surface area contributed by atoms with Crippen LogP contribution in [0.3, 0.4) is 0 Å². The molecule has 2 N–H and O–H groups in total. The lowest BCUT2D eigenvalue weighted by Crippen LogP contribution is -2.28. The number of pyridine rings is 1. The van der Waals surface area contributed by atoms with Gasteiger partial charge in [-0.1, -0.05) is 6.42 Å². The number of benzene rings is 1. The van der Waals surface area contributed by atoms with Gasteiger partial charge in [-0.2, -0.15) is 13.2 Å². The number of anilines is 3. The maximum absolute atomic E-state index is 12.5. The van der Waals surface area contributed by atoms with Crippen LogP contribution in [0.25, 0.3) is 0 Å². The molecule has 1 aliphatic rings. The van der Waals surface area contributed by atoms with Crippen LogP contribution in [0.15, 0.2) is 42.6 Å². The molecule has 3 rings (SSSR count). The minimum atomic E-state index is -4.35. The van der Waals surface area contributed by atoms with Crippen LogP contribution in [0.2, 0.25) is 0 Å². The molecular formula is C17H16F3N3O. The van der Waals surface area contributed by atoms with Gasteiger partial charge < -0.3 is 10.6 Å². The Balaban J connectivity index is 1.60. The van der Waals surface area contributed by atoms with Crippen LogP contribution in [-0.2, 0) is 11.0 Å². The molecule has 1 aromatic heterocycles. The van der Waals surface area contributed by atoms with Gasteiger partial charge in [-0.25, -0.2) is 4.98 Å². The van der Waals surface area contributed by atoms with Crippen molar-refractivity contribution in [2.45, 2.75) is 25.4 Å². The molecule has 1 fully saturated rings. The van der Waals surface area contributed by atoms with Crippen LogP contribution in [-0.4, -0.2) is 10.9 Å². The monoisotopic (exact) mass is 335 g/mol. The second-order valence-corrected chi connectivity index (χ2v) is 5.75. The van der Waals surface area contributed by atoms with Gasteiger partial charge in [0.05, 0.1) is 17.4 Å². The molecule has 126 valence electrons. The normalized spacial score (nSPS) is 14.8. The fraction of sp³-hybridized carbons (Fsp3) is 0.294. The lowest BCUT2D eigenvalue weighted by Gasteiger charge is -2.23. The van der Waals surface area contributed by atoms with E-state index >= 15 is 0 Å². The van der Waals surface area contributed by atoms with Crippen LogP contribution in [0.4, 0.5) is 30.4 Å². The molecule has 24 heavy (non-hydrogen) atoms.